The Morgan fingerprint density at radius 3 is 2.81 bits per heavy atom. The van der Waals surface area contributed by atoms with Gasteiger partial charge in [-0.05, 0) is 11.6 Å². The van der Waals surface area contributed by atoms with Crippen molar-refractivity contribution in [1.29, 1.82) is 0 Å². The average Bonchev–Trinajstić information content (AvgIpc) is 3.10. The van der Waals surface area contributed by atoms with Gasteiger partial charge in [-0.2, -0.15) is 4.98 Å². The molecule has 0 saturated heterocycles. The number of hydrogen-bond acceptors (Lipinski definition) is 5. The molecule has 0 radical (unpaired) electrons. The average molecular weight is 304 g/mol. The second kappa shape index (κ2) is 5.65. The molecule has 0 aliphatic rings. The molecule has 0 bridgehead atoms. The van der Waals surface area contributed by atoms with Gasteiger partial charge in [0, 0.05) is 10.9 Å². The zero-order valence-electron chi connectivity index (χ0n) is 11.7. The minimum Gasteiger partial charge on any atom is -0.332 e. The minimum atomic E-state index is 0.209. The SMILES string of the molecule is CC(C)c1noc(-c2cn(Cc3ccccc3Cl)nn2)n1. The van der Waals surface area contributed by atoms with Gasteiger partial charge in [-0.3, -0.25) is 0 Å². The number of hydrogen-bond donors (Lipinski definition) is 0. The normalized spacial score (nSPS) is 11.2. The lowest BCUT2D eigenvalue weighted by molar-refractivity contribution is 0.418. The molecule has 7 heteroatoms. The Kier molecular flexibility index (Phi) is 3.70. The van der Waals surface area contributed by atoms with Crippen LogP contribution in [0.5, 0.6) is 0 Å². The molecule has 6 nitrogen and oxygen atoms in total. The van der Waals surface area contributed by atoms with E-state index < -0.39 is 0 Å². The molecule has 21 heavy (non-hydrogen) atoms. The summed E-state index contributed by atoms with van der Waals surface area (Å²) >= 11 is 6.13. The van der Waals surface area contributed by atoms with Crippen molar-refractivity contribution in [2.45, 2.75) is 26.3 Å². The monoisotopic (exact) mass is 303 g/mol. The number of aromatic nitrogens is 5. The van der Waals surface area contributed by atoms with Gasteiger partial charge in [0.2, 0.25) is 0 Å². The Morgan fingerprint density at radius 1 is 1.29 bits per heavy atom. The van der Waals surface area contributed by atoms with Crippen molar-refractivity contribution in [2.24, 2.45) is 0 Å². The van der Waals surface area contributed by atoms with Crippen LogP contribution in [0.15, 0.2) is 35.0 Å². The van der Waals surface area contributed by atoms with Crippen LogP contribution in [-0.2, 0) is 6.54 Å². The van der Waals surface area contributed by atoms with E-state index in [1.54, 1.807) is 10.9 Å². The van der Waals surface area contributed by atoms with E-state index in [4.69, 9.17) is 16.1 Å². The van der Waals surface area contributed by atoms with Crippen molar-refractivity contribution in [1.82, 2.24) is 25.1 Å². The highest BCUT2D eigenvalue weighted by Gasteiger charge is 2.14. The minimum absolute atomic E-state index is 0.209. The predicted molar refractivity (Wildman–Crippen MR) is 78.0 cm³/mol. The highest BCUT2D eigenvalue weighted by molar-refractivity contribution is 6.31. The fourth-order valence-electron chi connectivity index (χ4n) is 1.85. The first kappa shape index (κ1) is 13.8. The maximum absolute atomic E-state index is 6.13. The molecule has 3 aromatic rings. The molecule has 2 heterocycles. The van der Waals surface area contributed by atoms with Crippen LogP contribution in [0.3, 0.4) is 0 Å². The van der Waals surface area contributed by atoms with Crippen molar-refractivity contribution in [3.05, 3.63) is 46.9 Å². The van der Waals surface area contributed by atoms with E-state index in [0.29, 0.717) is 29.0 Å². The molecule has 0 N–H and O–H groups in total. The molecule has 0 atom stereocenters. The Morgan fingerprint density at radius 2 is 2.10 bits per heavy atom. The molecule has 0 aliphatic heterocycles. The Labute approximate surface area is 126 Å². The van der Waals surface area contributed by atoms with Crippen LogP contribution in [-0.4, -0.2) is 25.1 Å². The molecule has 3 rings (SSSR count). The predicted octanol–water partition coefficient (Wildman–Crippen LogP) is 3.15. The second-order valence-corrected chi connectivity index (χ2v) is 5.41. The van der Waals surface area contributed by atoms with Crippen LogP contribution in [0.2, 0.25) is 5.02 Å². The van der Waals surface area contributed by atoms with Gasteiger partial charge in [0.25, 0.3) is 5.89 Å². The lowest BCUT2D eigenvalue weighted by atomic mass is 10.2. The highest BCUT2D eigenvalue weighted by Crippen LogP contribution is 2.19. The quantitative estimate of drug-likeness (QED) is 0.740. The van der Waals surface area contributed by atoms with Crippen LogP contribution in [0.4, 0.5) is 0 Å². The summed E-state index contributed by atoms with van der Waals surface area (Å²) in [4.78, 5) is 4.30. The van der Waals surface area contributed by atoms with E-state index >= 15 is 0 Å². The van der Waals surface area contributed by atoms with E-state index in [1.807, 2.05) is 38.1 Å². The Bertz CT molecular complexity index is 749. The third kappa shape index (κ3) is 2.95. The molecule has 0 fully saturated rings. The fourth-order valence-corrected chi connectivity index (χ4v) is 2.04. The van der Waals surface area contributed by atoms with Crippen LogP contribution in [0.1, 0.15) is 31.2 Å². The number of rotatable bonds is 4. The van der Waals surface area contributed by atoms with Crippen LogP contribution in [0.25, 0.3) is 11.6 Å². The number of nitrogens with zero attached hydrogens (tertiary/aromatic N) is 5. The first-order valence-corrected chi connectivity index (χ1v) is 6.99. The first-order valence-electron chi connectivity index (χ1n) is 6.61. The molecule has 0 spiro atoms. The summed E-state index contributed by atoms with van der Waals surface area (Å²) < 4.78 is 6.89. The summed E-state index contributed by atoms with van der Waals surface area (Å²) in [5.74, 6) is 1.25. The van der Waals surface area contributed by atoms with Crippen molar-refractivity contribution < 1.29 is 4.52 Å². The van der Waals surface area contributed by atoms with E-state index in [9.17, 15) is 0 Å². The lowest BCUT2D eigenvalue weighted by Crippen LogP contribution is -2.00. The Balaban J connectivity index is 1.81. The van der Waals surface area contributed by atoms with E-state index in [2.05, 4.69) is 20.5 Å². The molecule has 0 aliphatic carbocycles. The van der Waals surface area contributed by atoms with Crippen molar-refractivity contribution in [2.75, 3.05) is 0 Å². The summed E-state index contributed by atoms with van der Waals surface area (Å²) in [6, 6.07) is 7.63. The third-order valence-electron chi connectivity index (χ3n) is 3.01. The zero-order chi connectivity index (χ0) is 14.8. The van der Waals surface area contributed by atoms with Crippen LogP contribution >= 0.6 is 11.6 Å². The van der Waals surface area contributed by atoms with Gasteiger partial charge in [-0.15, -0.1) is 5.10 Å². The highest BCUT2D eigenvalue weighted by atomic mass is 35.5. The van der Waals surface area contributed by atoms with Gasteiger partial charge in [0.1, 0.15) is 0 Å². The van der Waals surface area contributed by atoms with Gasteiger partial charge in [0.15, 0.2) is 11.5 Å². The second-order valence-electron chi connectivity index (χ2n) is 5.01. The Hall–Kier alpha value is -2.21. The fraction of sp³-hybridized carbons (Fsp3) is 0.286. The third-order valence-corrected chi connectivity index (χ3v) is 3.37. The first-order chi connectivity index (χ1) is 10.1. The molecule has 0 unspecified atom stereocenters. The smallest absolute Gasteiger partial charge is 0.280 e. The molecular formula is C14H14ClN5O. The van der Waals surface area contributed by atoms with Gasteiger partial charge < -0.3 is 4.52 Å². The summed E-state index contributed by atoms with van der Waals surface area (Å²) in [5.41, 5.74) is 1.53. The van der Waals surface area contributed by atoms with Crippen LogP contribution in [0, 0.1) is 0 Å². The standard InChI is InChI=1S/C14H14ClN5O/c1-9(2)13-16-14(21-18-13)12-8-20(19-17-12)7-10-5-3-4-6-11(10)15/h3-6,8-9H,7H2,1-2H3. The summed E-state index contributed by atoms with van der Waals surface area (Å²) in [6.45, 7) is 4.55. The number of benzene rings is 1. The maximum atomic E-state index is 6.13. The van der Waals surface area contributed by atoms with Crippen molar-refractivity contribution in [3.63, 3.8) is 0 Å². The summed E-state index contributed by atoms with van der Waals surface area (Å²) in [5, 5.41) is 12.7. The van der Waals surface area contributed by atoms with E-state index in [1.165, 1.54) is 0 Å². The zero-order valence-corrected chi connectivity index (χ0v) is 12.4. The summed E-state index contributed by atoms with van der Waals surface area (Å²) in [7, 11) is 0. The molecule has 0 saturated carbocycles. The molecular weight excluding hydrogens is 290 g/mol. The van der Waals surface area contributed by atoms with Gasteiger partial charge in [-0.1, -0.05) is 54.0 Å². The molecule has 0 amide bonds. The van der Waals surface area contributed by atoms with E-state index in [-0.39, 0.29) is 5.92 Å². The molecule has 108 valence electrons. The molecule has 2 aromatic heterocycles. The van der Waals surface area contributed by atoms with Gasteiger partial charge in [0.05, 0.1) is 12.7 Å². The topological polar surface area (TPSA) is 69.6 Å². The largest absolute Gasteiger partial charge is 0.332 e. The van der Waals surface area contributed by atoms with Gasteiger partial charge in [-0.25, -0.2) is 4.68 Å². The van der Waals surface area contributed by atoms with Crippen LogP contribution < -0.4 is 0 Å². The number of halogens is 1. The van der Waals surface area contributed by atoms with E-state index in [0.717, 1.165) is 5.56 Å². The maximum Gasteiger partial charge on any atom is 0.280 e. The van der Waals surface area contributed by atoms with Crippen molar-refractivity contribution >= 4 is 11.6 Å². The van der Waals surface area contributed by atoms with Gasteiger partial charge >= 0.3 is 0 Å². The summed E-state index contributed by atoms with van der Waals surface area (Å²) in [6.07, 6.45) is 1.76. The van der Waals surface area contributed by atoms with Crippen molar-refractivity contribution in [3.8, 4) is 11.6 Å². The lowest BCUT2D eigenvalue weighted by Gasteiger charge is -2.02. The molecule has 1 aromatic carbocycles.